The Labute approximate surface area is 202 Å². The summed E-state index contributed by atoms with van der Waals surface area (Å²) in [5.74, 6) is -0.389. The highest BCUT2D eigenvalue weighted by molar-refractivity contribution is 9.10. The van der Waals surface area contributed by atoms with Gasteiger partial charge in [-0.2, -0.15) is 4.31 Å². The number of nitrogens with zero attached hydrogens (tertiary/aromatic N) is 1. The Morgan fingerprint density at radius 1 is 1.00 bits per heavy atom. The van der Waals surface area contributed by atoms with E-state index in [0.29, 0.717) is 5.02 Å². The van der Waals surface area contributed by atoms with Crippen molar-refractivity contribution in [2.45, 2.75) is 31.3 Å². The van der Waals surface area contributed by atoms with Crippen LogP contribution in [0.2, 0.25) is 5.02 Å². The lowest BCUT2D eigenvalue weighted by Gasteiger charge is -2.23. The van der Waals surface area contributed by atoms with Crippen LogP contribution in [-0.2, 0) is 21.4 Å². The van der Waals surface area contributed by atoms with Gasteiger partial charge in [-0.05, 0) is 61.4 Å². The molecule has 0 heterocycles. The van der Waals surface area contributed by atoms with Gasteiger partial charge in [0.25, 0.3) is 0 Å². The maximum absolute atomic E-state index is 13.4. The minimum absolute atomic E-state index is 0.0756. The third-order valence-corrected chi connectivity index (χ3v) is 7.58. The third kappa shape index (κ3) is 6.42. The Kier molecular flexibility index (Phi) is 8.11. The van der Waals surface area contributed by atoms with Crippen molar-refractivity contribution in [1.82, 2.24) is 9.62 Å². The Hall–Kier alpha value is -2.19. The molecule has 0 aromatic heterocycles. The third-order valence-electron chi connectivity index (χ3n) is 5.00. The molecule has 0 spiro atoms. The molecule has 3 aromatic carbocycles. The summed E-state index contributed by atoms with van der Waals surface area (Å²) in [4.78, 5) is 13.0. The number of sulfonamides is 1. The summed E-state index contributed by atoms with van der Waals surface area (Å²) in [5, 5.41) is 3.49. The molecule has 0 radical (unpaired) electrons. The minimum atomic E-state index is -3.88. The molecule has 0 fully saturated rings. The second kappa shape index (κ2) is 10.6. The number of carbonyl (C=O) groups excluding carboxylic acids is 1. The lowest BCUT2D eigenvalue weighted by atomic mass is 10.1. The first-order valence-corrected chi connectivity index (χ1v) is 12.6. The fraction of sp³-hybridized carbons (Fsp3) is 0.208. The van der Waals surface area contributed by atoms with Crippen LogP contribution in [0.3, 0.4) is 0 Å². The number of nitrogens with one attached hydrogen (secondary N) is 1. The fourth-order valence-corrected chi connectivity index (χ4v) is 4.94. The lowest BCUT2D eigenvalue weighted by Crippen LogP contribution is -2.41. The number of hydrogen-bond donors (Lipinski definition) is 1. The van der Waals surface area contributed by atoms with Gasteiger partial charge in [0.2, 0.25) is 15.9 Å². The van der Waals surface area contributed by atoms with Crippen molar-refractivity contribution in [3.05, 3.63) is 99.0 Å². The molecule has 0 saturated carbocycles. The second-order valence-corrected chi connectivity index (χ2v) is 10.8. The molecule has 1 N–H and O–H groups in total. The summed E-state index contributed by atoms with van der Waals surface area (Å²) >= 11 is 9.32. The Balaban J connectivity index is 1.82. The van der Waals surface area contributed by atoms with E-state index in [1.807, 2.05) is 50.2 Å². The highest BCUT2D eigenvalue weighted by Gasteiger charge is 2.27. The van der Waals surface area contributed by atoms with Crippen LogP contribution in [0.5, 0.6) is 0 Å². The number of amides is 1. The second-order valence-electron chi connectivity index (χ2n) is 7.55. The summed E-state index contributed by atoms with van der Waals surface area (Å²) in [6, 6.07) is 20.8. The Morgan fingerprint density at radius 2 is 1.59 bits per heavy atom. The van der Waals surface area contributed by atoms with E-state index < -0.39 is 10.0 Å². The number of carbonyl (C=O) groups is 1. The lowest BCUT2D eigenvalue weighted by molar-refractivity contribution is -0.122. The van der Waals surface area contributed by atoms with E-state index in [2.05, 4.69) is 21.2 Å². The van der Waals surface area contributed by atoms with Gasteiger partial charge in [0.05, 0.1) is 17.5 Å². The fourth-order valence-electron chi connectivity index (χ4n) is 3.16. The Bertz CT molecular complexity index is 1170. The van der Waals surface area contributed by atoms with Gasteiger partial charge in [-0.25, -0.2) is 8.42 Å². The molecule has 1 unspecified atom stereocenters. The predicted octanol–water partition coefficient (Wildman–Crippen LogP) is 5.48. The molecule has 0 aliphatic carbocycles. The molecule has 1 atom stereocenters. The number of aryl methyl sites for hydroxylation is 1. The summed E-state index contributed by atoms with van der Waals surface area (Å²) in [6.07, 6.45) is 0. The standard InChI is InChI=1S/C24H24BrClN2O3S/c1-17-3-13-23(14-4-17)32(30,31)28(15-19-5-9-21(25)10-6-19)16-24(29)27-18(2)20-7-11-22(26)12-8-20/h3-14,18H,15-16H2,1-2H3,(H,27,29). The molecule has 168 valence electrons. The molecule has 32 heavy (non-hydrogen) atoms. The Morgan fingerprint density at radius 3 is 2.19 bits per heavy atom. The topological polar surface area (TPSA) is 66.5 Å². The molecule has 0 aliphatic heterocycles. The summed E-state index contributed by atoms with van der Waals surface area (Å²) < 4.78 is 28.8. The van der Waals surface area contributed by atoms with Crippen molar-refractivity contribution in [2.24, 2.45) is 0 Å². The van der Waals surface area contributed by atoms with Crippen LogP contribution in [0, 0.1) is 6.92 Å². The summed E-state index contributed by atoms with van der Waals surface area (Å²) in [6.45, 7) is 3.51. The van der Waals surface area contributed by atoms with Gasteiger partial charge in [0, 0.05) is 16.0 Å². The molecule has 0 aliphatic rings. The molecule has 5 nitrogen and oxygen atoms in total. The summed E-state index contributed by atoms with van der Waals surface area (Å²) in [7, 11) is -3.88. The van der Waals surface area contributed by atoms with E-state index in [9.17, 15) is 13.2 Å². The number of benzene rings is 3. The zero-order chi connectivity index (χ0) is 23.3. The monoisotopic (exact) mass is 534 g/mol. The molecule has 1 amide bonds. The number of rotatable bonds is 8. The van der Waals surface area contributed by atoms with Gasteiger partial charge < -0.3 is 5.32 Å². The molecular weight excluding hydrogens is 512 g/mol. The highest BCUT2D eigenvalue weighted by atomic mass is 79.9. The van der Waals surface area contributed by atoms with Gasteiger partial charge in [-0.1, -0.05) is 69.5 Å². The average Bonchev–Trinajstić information content (AvgIpc) is 2.75. The van der Waals surface area contributed by atoms with Gasteiger partial charge in [0.1, 0.15) is 0 Å². The van der Waals surface area contributed by atoms with Crippen molar-refractivity contribution in [3.8, 4) is 0 Å². The van der Waals surface area contributed by atoms with Crippen LogP contribution in [0.25, 0.3) is 0 Å². The number of halogens is 2. The molecule has 8 heteroatoms. The zero-order valence-corrected chi connectivity index (χ0v) is 20.9. The molecule has 3 rings (SSSR count). The normalized spacial score (nSPS) is 12.5. The maximum atomic E-state index is 13.4. The van der Waals surface area contributed by atoms with E-state index in [1.54, 1.807) is 36.4 Å². The van der Waals surface area contributed by atoms with Gasteiger partial charge in [-0.3, -0.25) is 4.79 Å². The van der Waals surface area contributed by atoms with Crippen LogP contribution < -0.4 is 5.32 Å². The SMILES string of the molecule is Cc1ccc(S(=O)(=O)N(CC(=O)NC(C)c2ccc(Cl)cc2)Cc2ccc(Br)cc2)cc1. The first kappa shape index (κ1) is 24.5. The smallest absolute Gasteiger partial charge is 0.243 e. The van der Waals surface area contributed by atoms with Crippen LogP contribution in [0.1, 0.15) is 29.7 Å². The van der Waals surface area contributed by atoms with E-state index in [-0.39, 0.29) is 29.9 Å². The van der Waals surface area contributed by atoms with Gasteiger partial charge in [-0.15, -0.1) is 0 Å². The molecular formula is C24H24BrClN2O3S. The quantitative estimate of drug-likeness (QED) is 0.415. The van der Waals surface area contributed by atoms with Crippen LogP contribution >= 0.6 is 27.5 Å². The van der Waals surface area contributed by atoms with Crippen molar-refractivity contribution in [2.75, 3.05) is 6.54 Å². The van der Waals surface area contributed by atoms with E-state index in [4.69, 9.17) is 11.6 Å². The first-order valence-electron chi connectivity index (χ1n) is 10.0. The molecule has 0 saturated heterocycles. The van der Waals surface area contributed by atoms with E-state index in [1.165, 1.54) is 4.31 Å². The van der Waals surface area contributed by atoms with E-state index >= 15 is 0 Å². The van der Waals surface area contributed by atoms with Crippen LogP contribution in [-0.4, -0.2) is 25.2 Å². The minimum Gasteiger partial charge on any atom is -0.348 e. The van der Waals surface area contributed by atoms with Crippen molar-refractivity contribution >= 4 is 43.5 Å². The predicted molar refractivity (Wildman–Crippen MR) is 131 cm³/mol. The maximum Gasteiger partial charge on any atom is 0.243 e. The molecule has 0 bridgehead atoms. The van der Waals surface area contributed by atoms with Gasteiger partial charge in [0.15, 0.2) is 0 Å². The van der Waals surface area contributed by atoms with E-state index in [0.717, 1.165) is 21.2 Å². The summed E-state index contributed by atoms with van der Waals surface area (Å²) in [5.41, 5.74) is 2.61. The highest BCUT2D eigenvalue weighted by Crippen LogP contribution is 2.21. The first-order chi connectivity index (χ1) is 15.1. The van der Waals surface area contributed by atoms with Crippen molar-refractivity contribution in [1.29, 1.82) is 0 Å². The average molecular weight is 536 g/mol. The largest absolute Gasteiger partial charge is 0.348 e. The molecule has 3 aromatic rings. The number of hydrogen-bond acceptors (Lipinski definition) is 3. The van der Waals surface area contributed by atoms with Crippen LogP contribution in [0.4, 0.5) is 0 Å². The van der Waals surface area contributed by atoms with Crippen LogP contribution in [0.15, 0.2) is 82.2 Å². The van der Waals surface area contributed by atoms with Gasteiger partial charge >= 0.3 is 0 Å². The zero-order valence-electron chi connectivity index (χ0n) is 17.8. The van der Waals surface area contributed by atoms with Crippen molar-refractivity contribution < 1.29 is 13.2 Å². The van der Waals surface area contributed by atoms with Crippen molar-refractivity contribution in [3.63, 3.8) is 0 Å².